The molecule has 1 saturated heterocycles. The van der Waals surface area contributed by atoms with E-state index >= 15 is 0 Å². The Bertz CT molecular complexity index is 1640. The molecule has 2 aromatic carbocycles. The number of nitrogens with one attached hydrogen (secondary N) is 3. The van der Waals surface area contributed by atoms with Crippen LogP contribution in [0, 0.1) is 15.5 Å². The van der Waals surface area contributed by atoms with E-state index in [9.17, 15) is 19.5 Å². The summed E-state index contributed by atoms with van der Waals surface area (Å²) >= 11 is 6.37. The molecular weight excluding hydrogens is 617 g/mol. The van der Waals surface area contributed by atoms with Gasteiger partial charge in [0.2, 0.25) is 5.95 Å². The van der Waals surface area contributed by atoms with E-state index in [-0.39, 0.29) is 33.0 Å². The molecule has 12 nitrogen and oxygen atoms in total. The lowest BCUT2D eigenvalue weighted by molar-refractivity contribution is -0.384. The summed E-state index contributed by atoms with van der Waals surface area (Å²) in [5.74, 6) is 0.500. The molecule has 45 heavy (non-hydrogen) atoms. The van der Waals surface area contributed by atoms with Gasteiger partial charge in [-0.2, -0.15) is 4.98 Å². The molecule has 2 aliphatic rings. The summed E-state index contributed by atoms with van der Waals surface area (Å²) in [6, 6.07) is 12.3. The molecule has 0 atom stereocenters. The summed E-state index contributed by atoms with van der Waals surface area (Å²) in [7, 11) is -2.58. The average molecular weight is 656 g/mol. The number of rotatable bonds is 8. The maximum atomic E-state index is 12.8. The topological polar surface area (TPSA) is 152 Å². The molecule has 1 aromatic heterocycles. The van der Waals surface area contributed by atoms with Gasteiger partial charge in [-0.1, -0.05) is 23.7 Å². The number of ether oxygens (including phenoxy) is 1. The van der Waals surface area contributed by atoms with Gasteiger partial charge in [0.25, 0.3) is 5.69 Å². The predicted molar refractivity (Wildman–Crippen MR) is 179 cm³/mol. The maximum absolute atomic E-state index is 12.8. The quantitative estimate of drug-likeness (QED) is 0.131. The second-order valence-electron chi connectivity index (χ2n) is 13.2. The summed E-state index contributed by atoms with van der Waals surface area (Å²) in [6.07, 6.45) is 4.57. The van der Waals surface area contributed by atoms with Gasteiger partial charge in [0.15, 0.2) is 5.82 Å². The fourth-order valence-corrected chi connectivity index (χ4v) is 7.32. The van der Waals surface area contributed by atoms with Gasteiger partial charge in [-0.05, 0) is 89.5 Å². The van der Waals surface area contributed by atoms with E-state index in [4.69, 9.17) is 16.3 Å². The Balaban J connectivity index is 1.24. The van der Waals surface area contributed by atoms with Crippen LogP contribution in [0.4, 0.5) is 39.3 Å². The molecule has 0 unspecified atom stereocenters. The third kappa shape index (κ3) is 7.86. The zero-order valence-electron chi connectivity index (χ0n) is 26.1. The van der Waals surface area contributed by atoms with Crippen molar-refractivity contribution in [2.75, 3.05) is 42.0 Å². The van der Waals surface area contributed by atoms with Gasteiger partial charge in [-0.25, -0.2) is 9.78 Å². The van der Waals surface area contributed by atoms with Gasteiger partial charge in [0.05, 0.1) is 16.8 Å². The summed E-state index contributed by atoms with van der Waals surface area (Å²) in [5.41, 5.74) is 1.21. The van der Waals surface area contributed by atoms with Crippen molar-refractivity contribution in [2.24, 2.45) is 5.41 Å². The van der Waals surface area contributed by atoms with Crippen molar-refractivity contribution in [1.29, 1.82) is 0 Å². The van der Waals surface area contributed by atoms with E-state index in [2.05, 4.69) is 30.8 Å². The average Bonchev–Trinajstić information content (AvgIpc) is 2.93. The minimum atomic E-state index is -2.58. The van der Waals surface area contributed by atoms with Crippen molar-refractivity contribution >= 4 is 64.7 Å². The monoisotopic (exact) mass is 655 g/mol. The number of para-hydroxylation sites is 1. The molecule has 1 saturated carbocycles. The van der Waals surface area contributed by atoms with Crippen molar-refractivity contribution in [3.8, 4) is 0 Å². The highest BCUT2D eigenvalue weighted by Gasteiger charge is 2.47. The highest BCUT2D eigenvalue weighted by Crippen LogP contribution is 2.50. The molecule has 1 spiro atoms. The Labute approximate surface area is 267 Å². The standard InChI is InChI=1S/C31H39ClN7O5P/c1-30(2,3)44-29(40)35-21-17-31(18-21)12-14-38(15-13-31)24-11-10-20(16-25(24)39(41)42)34-28-33-19-22(32)27(37-28)36-23-8-6-7-9-26(23)45(4,5)43/h6-11,16,19,21H,12-15,17-18H2,1-5H3,(H,35,40)(H2,33,34,36,37). The molecule has 14 heteroatoms. The summed E-state index contributed by atoms with van der Waals surface area (Å²) in [6.45, 7) is 10.3. The van der Waals surface area contributed by atoms with Gasteiger partial charge in [0.1, 0.15) is 23.5 Å². The number of carbonyl (C=O) groups excluding carboxylic acids is 1. The molecule has 1 aliphatic heterocycles. The van der Waals surface area contributed by atoms with Crippen LogP contribution >= 0.6 is 18.7 Å². The fraction of sp³-hybridized carbons (Fsp3) is 0.452. The number of nitro groups is 1. The number of anilines is 5. The molecule has 240 valence electrons. The lowest BCUT2D eigenvalue weighted by Gasteiger charge is -2.52. The van der Waals surface area contributed by atoms with Crippen LogP contribution in [0.3, 0.4) is 0 Å². The van der Waals surface area contributed by atoms with Crippen LogP contribution in [0.15, 0.2) is 48.7 Å². The van der Waals surface area contributed by atoms with Crippen LogP contribution < -0.4 is 26.2 Å². The van der Waals surface area contributed by atoms with E-state index in [0.717, 1.165) is 25.7 Å². The Hall–Kier alpha value is -3.89. The number of benzene rings is 2. The Morgan fingerprint density at radius 2 is 1.82 bits per heavy atom. The van der Waals surface area contributed by atoms with Gasteiger partial charge < -0.3 is 30.2 Å². The SMILES string of the molecule is CC(C)(C)OC(=O)NC1CC2(CCN(c3ccc(Nc4ncc(Cl)c(Nc5ccccc5P(C)(C)=O)n4)cc3[N+](=O)[O-])CC2)C1. The number of halogens is 1. The lowest BCUT2D eigenvalue weighted by atomic mass is 9.60. The Morgan fingerprint density at radius 1 is 1.13 bits per heavy atom. The molecule has 1 aliphatic carbocycles. The number of hydrogen-bond donors (Lipinski definition) is 3. The summed E-state index contributed by atoms with van der Waals surface area (Å²) in [4.78, 5) is 34.7. The van der Waals surface area contributed by atoms with E-state index in [1.807, 2.05) is 32.9 Å². The van der Waals surface area contributed by atoms with Crippen LogP contribution in [-0.2, 0) is 9.30 Å². The Morgan fingerprint density at radius 3 is 2.47 bits per heavy atom. The van der Waals surface area contributed by atoms with Crippen LogP contribution in [0.5, 0.6) is 0 Å². The van der Waals surface area contributed by atoms with Crippen molar-refractivity contribution in [3.63, 3.8) is 0 Å². The van der Waals surface area contributed by atoms with E-state index in [0.29, 0.717) is 41.3 Å². The lowest BCUT2D eigenvalue weighted by Crippen LogP contribution is -2.55. The van der Waals surface area contributed by atoms with Gasteiger partial charge in [-0.15, -0.1) is 0 Å². The highest BCUT2D eigenvalue weighted by atomic mass is 35.5. The van der Waals surface area contributed by atoms with E-state index < -0.39 is 18.8 Å². The van der Waals surface area contributed by atoms with Crippen LogP contribution in [-0.4, -0.2) is 59.0 Å². The number of amides is 1. The fourth-order valence-electron chi connectivity index (χ4n) is 6.03. The summed E-state index contributed by atoms with van der Waals surface area (Å²) in [5, 5.41) is 22.2. The molecule has 2 fully saturated rings. The summed E-state index contributed by atoms with van der Waals surface area (Å²) < 4.78 is 18.2. The molecule has 0 bridgehead atoms. The third-order valence-electron chi connectivity index (χ3n) is 8.15. The predicted octanol–water partition coefficient (Wildman–Crippen LogP) is 7.05. The van der Waals surface area contributed by atoms with E-state index in [1.165, 1.54) is 12.3 Å². The zero-order chi connectivity index (χ0) is 32.6. The number of hydrogen-bond acceptors (Lipinski definition) is 10. The first-order valence-electron chi connectivity index (χ1n) is 14.8. The molecule has 5 rings (SSSR count). The first-order valence-corrected chi connectivity index (χ1v) is 17.8. The molecule has 0 radical (unpaired) electrons. The first-order chi connectivity index (χ1) is 21.1. The van der Waals surface area contributed by atoms with Crippen LogP contribution in [0.1, 0.15) is 46.5 Å². The molecule has 3 aromatic rings. The van der Waals surface area contributed by atoms with Gasteiger partial charge in [0, 0.05) is 36.2 Å². The van der Waals surface area contributed by atoms with Crippen LogP contribution in [0.2, 0.25) is 5.02 Å². The van der Waals surface area contributed by atoms with Gasteiger partial charge in [-0.3, -0.25) is 10.1 Å². The number of piperidine rings is 1. The normalized spacial score (nSPS) is 16.5. The third-order valence-corrected chi connectivity index (χ3v) is 9.98. The minimum Gasteiger partial charge on any atom is -0.444 e. The largest absolute Gasteiger partial charge is 0.444 e. The second kappa shape index (κ2) is 12.5. The van der Waals surface area contributed by atoms with Gasteiger partial charge >= 0.3 is 6.09 Å². The number of carbonyl (C=O) groups is 1. The molecule has 2 heterocycles. The second-order valence-corrected chi connectivity index (χ2v) is 16.8. The highest BCUT2D eigenvalue weighted by molar-refractivity contribution is 7.70. The maximum Gasteiger partial charge on any atom is 0.407 e. The zero-order valence-corrected chi connectivity index (χ0v) is 27.7. The van der Waals surface area contributed by atoms with Crippen molar-refractivity contribution in [2.45, 2.75) is 58.1 Å². The molecule has 3 N–H and O–H groups in total. The number of alkyl carbamates (subject to hydrolysis) is 1. The number of aromatic nitrogens is 2. The van der Waals surface area contributed by atoms with Crippen molar-refractivity contribution in [3.05, 3.63) is 63.8 Å². The Kier molecular flexibility index (Phi) is 9.01. The van der Waals surface area contributed by atoms with Crippen molar-refractivity contribution < 1.29 is 19.0 Å². The first kappa shape index (κ1) is 32.5. The molecular formula is C31H39ClN7O5P. The smallest absolute Gasteiger partial charge is 0.407 e. The number of nitro benzene ring substituents is 1. The minimum absolute atomic E-state index is 0.0167. The van der Waals surface area contributed by atoms with Crippen molar-refractivity contribution in [1.82, 2.24) is 15.3 Å². The van der Waals surface area contributed by atoms with E-state index in [1.54, 1.807) is 37.6 Å². The molecule has 1 amide bonds. The van der Waals surface area contributed by atoms with Crippen LogP contribution in [0.25, 0.3) is 0 Å². The number of nitrogens with zero attached hydrogens (tertiary/aromatic N) is 4.